The average Bonchev–Trinajstić information content (AvgIpc) is 3.08. The molecule has 3 aromatic rings. The lowest BCUT2D eigenvalue weighted by molar-refractivity contribution is -0.141. The molecular weight excluding hydrogens is 328 g/mol. The van der Waals surface area contributed by atoms with Gasteiger partial charge in [-0.05, 0) is 24.6 Å². The van der Waals surface area contributed by atoms with Crippen molar-refractivity contribution in [3.8, 4) is 0 Å². The van der Waals surface area contributed by atoms with Crippen molar-refractivity contribution in [3.05, 3.63) is 70.9 Å². The van der Waals surface area contributed by atoms with Crippen molar-refractivity contribution in [1.82, 2.24) is 9.47 Å². The van der Waals surface area contributed by atoms with Gasteiger partial charge in [0.2, 0.25) is 0 Å². The van der Waals surface area contributed by atoms with Gasteiger partial charge in [-0.15, -0.1) is 0 Å². The fourth-order valence-electron chi connectivity index (χ4n) is 3.94. The first-order valence-electron chi connectivity index (χ1n) is 8.55. The predicted molar refractivity (Wildman–Crippen MR) is 99.0 cm³/mol. The first kappa shape index (κ1) is 16.4. The highest BCUT2D eigenvalue weighted by atomic mass is 16.5. The molecule has 0 saturated carbocycles. The van der Waals surface area contributed by atoms with Crippen molar-refractivity contribution in [2.24, 2.45) is 7.05 Å². The third kappa shape index (κ3) is 2.24. The van der Waals surface area contributed by atoms with Crippen LogP contribution >= 0.6 is 0 Å². The van der Waals surface area contributed by atoms with Gasteiger partial charge in [0.25, 0.3) is 5.91 Å². The second-order valence-corrected chi connectivity index (χ2v) is 6.57. The molecule has 0 spiro atoms. The van der Waals surface area contributed by atoms with Crippen LogP contribution in [0.4, 0.5) is 0 Å². The van der Waals surface area contributed by atoms with Crippen LogP contribution in [-0.2, 0) is 16.6 Å². The van der Waals surface area contributed by atoms with Crippen LogP contribution in [0.1, 0.15) is 33.2 Å². The molecule has 0 aliphatic carbocycles. The summed E-state index contributed by atoms with van der Waals surface area (Å²) in [7, 11) is 3.36. The zero-order valence-electron chi connectivity index (χ0n) is 15.0. The van der Waals surface area contributed by atoms with Crippen LogP contribution in [0.2, 0.25) is 0 Å². The van der Waals surface area contributed by atoms with Gasteiger partial charge in [0.15, 0.2) is 0 Å². The maximum Gasteiger partial charge on any atom is 0.325 e. The number of aryl methyl sites for hydroxylation is 1. The van der Waals surface area contributed by atoms with Crippen molar-refractivity contribution in [2.45, 2.75) is 13.0 Å². The molecule has 1 amide bonds. The molecule has 2 aromatic carbocycles. The van der Waals surface area contributed by atoms with Crippen LogP contribution in [0.15, 0.2) is 48.5 Å². The standard InChI is InChI=1S/C21H20N2O3/c1-13-19(16-10-6-7-11-17(16)22(13)2)20-14-8-4-5-9-15(14)21(25)23(20)12-18(24)26-3/h4-11,20H,12H2,1-3H3/t20-/m1/s1. The minimum absolute atomic E-state index is 0.0721. The zero-order chi connectivity index (χ0) is 18.4. The number of para-hydroxylation sites is 1. The van der Waals surface area contributed by atoms with Crippen LogP contribution in [0.5, 0.6) is 0 Å². The fourth-order valence-corrected chi connectivity index (χ4v) is 3.94. The monoisotopic (exact) mass is 348 g/mol. The SMILES string of the molecule is COC(=O)CN1C(=O)c2ccccc2[C@@H]1c1c(C)n(C)c2ccccc12. The number of amides is 1. The van der Waals surface area contributed by atoms with E-state index in [4.69, 9.17) is 4.74 Å². The molecule has 2 heterocycles. The first-order valence-corrected chi connectivity index (χ1v) is 8.55. The van der Waals surface area contributed by atoms with E-state index >= 15 is 0 Å². The third-order valence-electron chi connectivity index (χ3n) is 5.31. The number of hydrogen-bond acceptors (Lipinski definition) is 3. The van der Waals surface area contributed by atoms with Gasteiger partial charge in [-0.25, -0.2) is 0 Å². The van der Waals surface area contributed by atoms with E-state index in [1.807, 2.05) is 43.4 Å². The summed E-state index contributed by atoms with van der Waals surface area (Å²) < 4.78 is 6.96. The third-order valence-corrected chi connectivity index (χ3v) is 5.31. The zero-order valence-corrected chi connectivity index (χ0v) is 15.0. The number of carbonyl (C=O) groups is 2. The normalized spacial score (nSPS) is 16.2. The van der Waals surface area contributed by atoms with E-state index in [0.717, 1.165) is 27.7 Å². The van der Waals surface area contributed by atoms with E-state index in [1.54, 1.807) is 4.90 Å². The fraction of sp³-hybridized carbons (Fsp3) is 0.238. The summed E-state index contributed by atoms with van der Waals surface area (Å²) in [5.41, 5.74) is 4.82. The van der Waals surface area contributed by atoms with Gasteiger partial charge in [-0.1, -0.05) is 36.4 Å². The number of ether oxygens (including phenoxy) is 1. The largest absolute Gasteiger partial charge is 0.468 e. The number of rotatable bonds is 3. The number of methoxy groups -OCH3 is 1. The summed E-state index contributed by atoms with van der Waals surface area (Å²) in [6.45, 7) is 1.98. The Morgan fingerprint density at radius 1 is 1.12 bits per heavy atom. The van der Waals surface area contributed by atoms with E-state index < -0.39 is 5.97 Å². The second kappa shape index (κ2) is 6.02. The summed E-state index contributed by atoms with van der Waals surface area (Å²) in [5, 5.41) is 1.09. The van der Waals surface area contributed by atoms with Crippen LogP contribution in [0.25, 0.3) is 10.9 Å². The molecule has 5 heteroatoms. The molecule has 0 bridgehead atoms. The van der Waals surface area contributed by atoms with Crippen LogP contribution in [0, 0.1) is 6.92 Å². The highest BCUT2D eigenvalue weighted by Gasteiger charge is 2.40. The predicted octanol–water partition coefficient (Wildman–Crippen LogP) is 3.20. The Morgan fingerprint density at radius 2 is 1.81 bits per heavy atom. The molecule has 0 unspecified atom stereocenters. The molecular formula is C21H20N2O3. The number of fused-ring (bicyclic) bond motifs is 2. The van der Waals surface area contributed by atoms with Crippen molar-refractivity contribution in [1.29, 1.82) is 0 Å². The Kier molecular flexibility index (Phi) is 3.80. The molecule has 1 aliphatic heterocycles. The molecule has 26 heavy (non-hydrogen) atoms. The van der Waals surface area contributed by atoms with Gasteiger partial charge in [0.1, 0.15) is 6.54 Å². The molecule has 4 rings (SSSR count). The summed E-state index contributed by atoms with van der Waals surface area (Å²) in [6, 6.07) is 15.4. The molecule has 5 nitrogen and oxygen atoms in total. The summed E-state index contributed by atoms with van der Waals surface area (Å²) in [4.78, 5) is 26.6. The van der Waals surface area contributed by atoms with Crippen molar-refractivity contribution in [3.63, 3.8) is 0 Å². The quantitative estimate of drug-likeness (QED) is 0.683. The van der Waals surface area contributed by atoms with E-state index in [9.17, 15) is 9.59 Å². The van der Waals surface area contributed by atoms with E-state index in [1.165, 1.54) is 7.11 Å². The smallest absolute Gasteiger partial charge is 0.325 e. The molecule has 1 atom stereocenters. The summed E-state index contributed by atoms with van der Waals surface area (Å²) in [5.74, 6) is -0.558. The van der Waals surface area contributed by atoms with Crippen LogP contribution < -0.4 is 0 Å². The van der Waals surface area contributed by atoms with E-state index in [2.05, 4.69) is 23.6 Å². The van der Waals surface area contributed by atoms with Crippen molar-refractivity contribution < 1.29 is 14.3 Å². The Balaban J connectivity index is 1.97. The summed E-state index contributed by atoms with van der Waals surface area (Å²) >= 11 is 0. The highest BCUT2D eigenvalue weighted by molar-refractivity contribution is 6.02. The second-order valence-electron chi connectivity index (χ2n) is 6.57. The van der Waals surface area contributed by atoms with Gasteiger partial charge in [-0.3, -0.25) is 9.59 Å². The van der Waals surface area contributed by atoms with E-state index in [0.29, 0.717) is 5.56 Å². The molecule has 0 fully saturated rings. The molecule has 0 saturated heterocycles. The Hall–Kier alpha value is -3.08. The van der Waals surface area contributed by atoms with Crippen LogP contribution in [0.3, 0.4) is 0 Å². The van der Waals surface area contributed by atoms with Crippen molar-refractivity contribution >= 4 is 22.8 Å². The number of benzene rings is 2. The molecule has 1 aromatic heterocycles. The molecule has 1 aliphatic rings. The Morgan fingerprint density at radius 3 is 2.58 bits per heavy atom. The average molecular weight is 348 g/mol. The minimum Gasteiger partial charge on any atom is -0.468 e. The van der Waals surface area contributed by atoms with Gasteiger partial charge in [0.05, 0.1) is 13.2 Å². The number of nitrogens with zero attached hydrogens (tertiary/aromatic N) is 2. The molecule has 132 valence electrons. The molecule has 0 radical (unpaired) electrons. The van der Waals surface area contributed by atoms with Crippen molar-refractivity contribution in [2.75, 3.05) is 13.7 Å². The maximum absolute atomic E-state index is 13.0. The number of carbonyl (C=O) groups excluding carboxylic acids is 2. The Labute approximate surface area is 151 Å². The minimum atomic E-state index is -0.422. The van der Waals surface area contributed by atoms with Crippen LogP contribution in [-0.4, -0.2) is 35.0 Å². The lowest BCUT2D eigenvalue weighted by Gasteiger charge is -2.25. The summed E-state index contributed by atoms with van der Waals surface area (Å²) in [6.07, 6.45) is 0. The first-order chi connectivity index (χ1) is 12.5. The van der Waals surface area contributed by atoms with Gasteiger partial charge in [0, 0.05) is 34.8 Å². The number of esters is 1. The van der Waals surface area contributed by atoms with Gasteiger partial charge < -0.3 is 14.2 Å². The number of hydrogen-bond donors (Lipinski definition) is 0. The highest BCUT2D eigenvalue weighted by Crippen LogP contribution is 2.43. The Bertz CT molecular complexity index is 1030. The molecule has 0 N–H and O–H groups in total. The lowest BCUT2D eigenvalue weighted by Crippen LogP contribution is -2.34. The maximum atomic E-state index is 13.0. The topological polar surface area (TPSA) is 51.5 Å². The van der Waals surface area contributed by atoms with E-state index in [-0.39, 0.29) is 18.5 Å². The van der Waals surface area contributed by atoms with Gasteiger partial charge in [-0.2, -0.15) is 0 Å². The lowest BCUT2D eigenvalue weighted by atomic mass is 9.95. The van der Waals surface area contributed by atoms with Gasteiger partial charge >= 0.3 is 5.97 Å². The number of aromatic nitrogens is 1.